The fourth-order valence-corrected chi connectivity index (χ4v) is 2.82. The van der Waals surface area contributed by atoms with Gasteiger partial charge in [-0.05, 0) is 30.7 Å². The van der Waals surface area contributed by atoms with Gasteiger partial charge in [0.05, 0.1) is 4.90 Å². The topological polar surface area (TPSA) is 82.3 Å². The largest absolute Gasteiger partial charge is 0.484 e. The molecule has 0 aliphatic carbocycles. The van der Waals surface area contributed by atoms with Gasteiger partial charge in [0.1, 0.15) is 5.75 Å². The highest BCUT2D eigenvalue weighted by Gasteiger charge is 2.14. The van der Waals surface area contributed by atoms with E-state index in [0.717, 1.165) is 0 Å². The molecule has 0 bridgehead atoms. The molecule has 0 N–H and O–H groups in total. The van der Waals surface area contributed by atoms with Crippen molar-refractivity contribution in [3.8, 4) is 5.75 Å². The van der Waals surface area contributed by atoms with Gasteiger partial charge in [-0.1, -0.05) is 12.1 Å². The van der Waals surface area contributed by atoms with E-state index in [9.17, 15) is 8.42 Å². The zero-order valence-corrected chi connectivity index (χ0v) is 12.5. The molecular formula is C12H13ClN2O4S. The summed E-state index contributed by atoms with van der Waals surface area (Å²) >= 11 is 0. The Morgan fingerprint density at radius 1 is 1.40 bits per heavy atom. The first-order valence-electron chi connectivity index (χ1n) is 5.89. The van der Waals surface area contributed by atoms with Gasteiger partial charge >= 0.3 is 0 Å². The van der Waals surface area contributed by atoms with Crippen LogP contribution >= 0.6 is 10.7 Å². The van der Waals surface area contributed by atoms with Crippen LogP contribution in [0.1, 0.15) is 24.2 Å². The quantitative estimate of drug-likeness (QED) is 0.788. The Labute approximate surface area is 121 Å². The number of halogens is 1. The minimum Gasteiger partial charge on any atom is -0.484 e. The van der Waals surface area contributed by atoms with E-state index in [1.54, 1.807) is 13.0 Å². The highest BCUT2D eigenvalue weighted by molar-refractivity contribution is 8.13. The maximum atomic E-state index is 11.3. The number of hydrogen-bond acceptors (Lipinski definition) is 6. The molecule has 0 aliphatic rings. The number of aryl methyl sites for hydroxylation is 2. The minimum absolute atomic E-state index is 0.0672. The molecule has 1 heterocycles. The molecule has 2 aromatic rings. The second-order valence-electron chi connectivity index (χ2n) is 4.11. The minimum atomic E-state index is -3.74. The number of nitrogens with zero attached hydrogens (tertiary/aromatic N) is 2. The Morgan fingerprint density at radius 3 is 2.70 bits per heavy atom. The van der Waals surface area contributed by atoms with E-state index in [2.05, 4.69) is 10.1 Å². The fraction of sp³-hybridized carbons (Fsp3) is 0.333. The third kappa shape index (κ3) is 3.49. The summed E-state index contributed by atoms with van der Waals surface area (Å²) in [6, 6.07) is 4.52. The van der Waals surface area contributed by atoms with Crippen LogP contribution in [0.5, 0.6) is 5.75 Å². The van der Waals surface area contributed by atoms with Gasteiger partial charge in [-0.15, -0.1) is 0 Å². The van der Waals surface area contributed by atoms with Crippen molar-refractivity contribution in [1.82, 2.24) is 10.1 Å². The van der Waals surface area contributed by atoms with Crippen LogP contribution in [-0.4, -0.2) is 18.6 Å². The van der Waals surface area contributed by atoms with Crippen molar-refractivity contribution in [2.45, 2.75) is 31.8 Å². The Hall–Kier alpha value is -1.60. The Balaban J connectivity index is 2.09. The van der Waals surface area contributed by atoms with Crippen LogP contribution in [0.15, 0.2) is 27.6 Å². The maximum absolute atomic E-state index is 11.3. The number of benzene rings is 1. The first-order valence-corrected chi connectivity index (χ1v) is 8.20. The maximum Gasteiger partial charge on any atom is 0.264 e. The van der Waals surface area contributed by atoms with Crippen LogP contribution in [0.3, 0.4) is 0 Å². The van der Waals surface area contributed by atoms with E-state index in [1.165, 1.54) is 12.1 Å². The lowest BCUT2D eigenvalue weighted by Crippen LogP contribution is -1.99. The zero-order valence-electron chi connectivity index (χ0n) is 11.0. The van der Waals surface area contributed by atoms with E-state index in [0.29, 0.717) is 29.4 Å². The predicted molar refractivity (Wildman–Crippen MR) is 72.2 cm³/mol. The molecule has 108 valence electrons. The van der Waals surface area contributed by atoms with Crippen LogP contribution in [0, 0.1) is 6.92 Å². The first kappa shape index (κ1) is 14.8. The van der Waals surface area contributed by atoms with E-state index >= 15 is 0 Å². The summed E-state index contributed by atoms with van der Waals surface area (Å²) in [7, 11) is 1.56. The summed E-state index contributed by atoms with van der Waals surface area (Å²) in [5.41, 5.74) is 0.511. The standard InChI is InChI=1S/C12H13ClN2O4S/c1-3-11-14-12(19-15-11)7-18-9-4-5-10(8(2)6-9)20(13,16)17/h4-6H,3,7H2,1-2H3. The third-order valence-corrected chi connectivity index (χ3v) is 4.08. The number of ether oxygens (including phenoxy) is 1. The molecule has 0 unspecified atom stereocenters. The summed E-state index contributed by atoms with van der Waals surface area (Å²) in [6.07, 6.45) is 0.685. The average molecular weight is 317 g/mol. The van der Waals surface area contributed by atoms with Gasteiger partial charge in [0, 0.05) is 17.1 Å². The molecule has 0 aliphatic heterocycles. The van der Waals surface area contributed by atoms with Gasteiger partial charge in [0.2, 0.25) is 0 Å². The Morgan fingerprint density at radius 2 is 2.15 bits per heavy atom. The number of aromatic nitrogens is 2. The van der Waals surface area contributed by atoms with Gasteiger partial charge < -0.3 is 9.26 Å². The summed E-state index contributed by atoms with van der Waals surface area (Å²) in [5, 5.41) is 3.75. The highest BCUT2D eigenvalue weighted by Crippen LogP contribution is 2.24. The van der Waals surface area contributed by atoms with Crippen LogP contribution in [0.25, 0.3) is 0 Å². The van der Waals surface area contributed by atoms with E-state index < -0.39 is 9.05 Å². The van der Waals surface area contributed by atoms with Crippen LogP contribution in [-0.2, 0) is 22.1 Å². The van der Waals surface area contributed by atoms with Crippen molar-refractivity contribution in [3.63, 3.8) is 0 Å². The van der Waals surface area contributed by atoms with Crippen LogP contribution in [0.2, 0.25) is 0 Å². The molecule has 0 saturated heterocycles. The highest BCUT2D eigenvalue weighted by atomic mass is 35.7. The fourth-order valence-electron chi connectivity index (χ4n) is 1.62. The van der Waals surface area contributed by atoms with Crippen molar-refractivity contribution in [2.24, 2.45) is 0 Å². The molecule has 0 amide bonds. The van der Waals surface area contributed by atoms with Crippen molar-refractivity contribution >= 4 is 19.7 Å². The van der Waals surface area contributed by atoms with E-state index in [4.69, 9.17) is 19.9 Å². The lowest BCUT2D eigenvalue weighted by atomic mass is 10.2. The normalized spacial score (nSPS) is 11.6. The van der Waals surface area contributed by atoms with Gasteiger partial charge in [-0.25, -0.2) is 8.42 Å². The van der Waals surface area contributed by atoms with Gasteiger partial charge in [0.15, 0.2) is 12.4 Å². The van der Waals surface area contributed by atoms with Gasteiger partial charge in [0.25, 0.3) is 14.9 Å². The molecule has 0 spiro atoms. The number of rotatable bonds is 5. The summed E-state index contributed by atoms with van der Waals surface area (Å²) in [6.45, 7) is 3.69. The molecule has 1 aromatic carbocycles. The summed E-state index contributed by atoms with van der Waals surface area (Å²) in [4.78, 5) is 4.17. The predicted octanol–water partition coefficient (Wildman–Crippen LogP) is 2.45. The zero-order chi connectivity index (χ0) is 14.8. The third-order valence-electron chi connectivity index (χ3n) is 2.60. The molecule has 8 heteroatoms. The van der Waals surface area contributed by atoms with Gasteiger partial charge in [-0.3, -0.25) is 0 Å². The van der Waals surface area contributed by atoms with Crippen molar-refractivity contribution in [2.75, 3.05) is 0 Å². The molecule has 0 saturated carbocycles. The second-order valence-corrected chi connectivity index (χ2v) is 6.65. The molecule has 6 nitrogen and oxygen atoms in total. The Bertz CT molecular complexity index is 712. The molecule has 20 heavy (non-hydrogen) atoms. The van der Waals surface area contributed by atoms with E-state index in [-0.39, 0.29) is 11.5 Å². The molecule has 2 rings (SSSR count). The lowest BCUT2D eigenvalue weighted by molar-refractivity contribution is 0.242. The molecule has 0 atom stereocenters. The summed E-state index contributed by atoms with van der Waals surface area (Å²) in [5.74, 6) is 1.49. The average Bonchev–Trinajstić information content (AvgIpc) is 2.83. The Kier molecular flexibility index (Phi) is 4.29. The van der Waals surface area contributed by atoms with Crippen molar-refractivity contribution in [3.05, 3.63) is 35.5 Å². The van der Waals surface area contributed by atoms with Gasteiger partial charge in [-0.2, -0.15) is 4.98 Å². The molecule has 0 radical (unpaired) electrons. The second kappa shape index (κ2) is 5.80. The first-order chi connectivity index (χ1) is 9.40. The summed E-state index contributed by atoms with van der Waals surface area (Å²) < 4.78 is 33.0. The van der Waals surface area contributed by atoms with Crippen LogP contribution < -0.4 is 4.74 Å². The smallest absolute Gasteiger partial charge is 0.264 e. The SMILES string of the molecule is CCc1noc(COc2ccc(S(=O)(=O)Cl)c(C)c2)n1. The van der Waals surface area contributed by atoms with Crippen LogP contribution in [0.4, 0.5) is 0 Å². The monoisotopic (exact) mass is 316 g/mol. The number of hydrogen-bond donors (Lipinski definition) is 0. The van der Waals surface area contributed by atoms with Crippen molar-refractivity contribution < 1.29 is 17.7 Å². The van der Waals surface area contributed by atoms with Crippen molar-refractivity contribution in [1.29, 1.82) is 0 Å². The lowest BCUT2D eigenvalue weighted by Gasteiger charge is -2.06. The van der Waals surface area contributed by atoms with E-state index in [1.807, 2.05) is 6.92 Å². The molecular weight excluding hydrogens is 304 g/mol. The molecule has 0 fully saturated rings. The molecule has 1 aromatic heterocycles.